The Morgan fingerprint density at radius 3 is 2.71 bits per heavy atom. The Balaban J connectivity index is 1.69. The Hall–Kier alpha value is -3.42. The Bertz CT molecular complexity index is 885. The van der Waals surface area contributed by atoms with Crippen LogP contribution >= 0.6 is 0 Å². The summed E-state index contributed by atoms with van der Waals surface area (Å²) in [5.41, 5.74) is 1.20. The lowest BCUT2D eigenvalue weighted by Gasteiger charge is -2.28. The summed E-state index contributed by atoms with van der Waals surface area (Å²) >= 11 is 0. The summed E-state index contributed by atoms with van der Waals surface area (Å²) < 4.78 is 5.31. The fraction of sp³-hybridized carbons (Fsp3) is 0.300. The van der Waals surface area contributed by atoms with E-state index in [0.717, 1.165) is 12.0 Å². The largest absolute Gasteiger partial charge is 0.482 e. The Morgan fingerprint density at radius 2 is 2.04 bits per heavy atom. The first-order valence-corrected chi connectivity index (χ1v) is 9.02. The number of nitrogens with one attached hydrogen (secondary N) is 1. The molecule has 0 unspecified atom stereocenters. The van der Waals surface area contributed by atoms with Gasteiger partial charge >= 0.3 is 0 Å². The van der Waals surface area contributed by atoms with Crippen molar-refractivity contribution in [2.75, 3.05) is 24.6 Å². The number of hydrogen-bond acceptors (Lipinski definition) is 5. The molecule has 28 heavy (non-hydrogen) atoms. The van der Waals surface area contributed by atoms with Gasteiger partial charge in [0.2, 0.25) is 5.91 Å². The minimum atomic E-state index is -0.552. The Kier molecular flexibility index (Phi) is 5.88. The van der Waals surface area contributed by atoms with Gasteiger partial charge in [-0.15, -0.1) is 0 Å². The highest BCUT2D eigenvalue weighted by molar-refractivity contribution is 6.02. The topological polar surface area (TPSA) is 102 Å². The third kappa shape index (κ3) is 4.28. The number of fused-ring (bicyclic) bond motifs is 1. The maximum atomic E-state index is 12.5. The van der Waals surface area contributed by atoms with Gasteiger partial charge in [-0.1, -0.05) is 37.3 Å². The number of carbonyl (C=O) groups is 2. The van der Waals surface area contributed by atoms with Crippen LogP contribution in [0.5, 0.6) is 5.75 Å². The number of amides is 2. The third-order valence-electron chi connectivity index (χ3n) is 4.71. The van der Waals surface area contributed by atoms with Gasteiger partial charge in [-0.25, -0.2) is 0 Å². The summed E-state index contributed by atoms with van der Waals surface area (Å²) in [5, 5.41) is 13.9. The van der Waals surface area contributed by atoms with E-state index in [2.05, 4.69) is 5.32 Å². The van der Waals surface area contributed by atoms with Crippen molar-refractivity contribution in [2.24, 2.45) is 0 Å². The molecule has 0 saturated heterocycles. The second-order valence-electron chi connectivity index (χ2n) is 6.50. The molecule has 0 aromatic heterocycles. The van der Waals surface area contributed by atoms with Gasteiger partial charge in [0.25, 0.3) is 11.6 Å². The number of nitro groups is 1. The molecule has 1 atom stereocenters. The van der Waals surface area contributed by atoms with Crippen molar-refractivity contribution in [3.8, 4) is 5.75 Å². The van der Waals surface area contributed by atoms with Crippen LogP contribution in [0.2, 0.25) is 0 Å². The molecule has 1 aliphatic rings. The number of rotatable bonds is 7. The lowest BCUT2D eigenvalue weighted by Crippen LogP contribution is -2.45. The summed E-state index contributed by atoms with van der Waals surface area (Å²) in [4.78, 5) is 36.4. The van der Waals surface area contributed by atoms with E-state index in [1.165, 1.54) is 23.1 Å². The third-order valence-corrected chi connectivity index (χ3v) is 4.71. The molecule has 8 heteroatoms. The molecule has 1 aliphatic heterocycles. The SMILES string of the molecule is CC[C@@H](CNC(=O)CN1C(=O)COc2ccc([N+](=O)[O-])cc21)c1ccccc1. The van der Waals surface area contributed by atoms with Crippen molar-refractivity contribution in [1.29, 1.82) is 0 Å². The highest BCUT2D eigenvalue weighted by Crippen LogP contribution is 2.35. The average Bonchev–Trinajstić information content (AvgIpc) is 2.71. The van der Waals surface area contributed by atoms with Crippen molar-refractivity contribution < 1.29 is 19.2 Å². The molecule has 0 saturated carbocycles. The van der Waals surface area contributed by atoms with E-state index < -0.39 is 10.8 Å². The molecule has 0 aliphatic carbocycles. The second kappa shape index (κ2) is 8.51. The maximum Gasteiger partial charge on any atom is 0.271 e. The number of nitro benzene ring substituents is 1. The average molecular weight is 383 g/mol. The first-order valence-electron chi connectivity index (χ1n) is 9.02. The molecule has 0 bridgehead atoms. The summed E-state index contributed by atoms with van der Waals surface area (Å²) in [7, 11) is 0. The van der Waals surface area contributed by atoms with Crippen LogP contribution in [0.15, 0.2) is 48.5 Å². The molecular weight excluding hydrogens is 362 g/mol. The lowest BCUT2D eigenvalue weighted by atomic mass is 9.96. The number of anilines is 1. The van der Waals surface area contributed by atoms with Crippen molar-refractivity contribution in [2.45, 2.75) is 19.3 Å². The van der Waals surface area contributed by atoms with Crippen LogP contribution in [0.25, 0.3) is 0 Å². The number of benzene rings is 2. The van der Waals surface area contributed by atoms with Crippen LogP contribution in [-0.2, 0) is 9.59 Å². The summed E-state index contributed by atoms with van der Waals surface area (Å²) in [5.74, 6) is -0.243. The summed E-state index contributed by atoms with van der Waals surface area (Å²) in [6, 6.07) is 13.9. The molecule has 0 radical (unpaired) electrons. The van der Waals surface area contributed by atoms with Crippen LogP contribution in [0, 0.1) is 10.1 Å². The highest BCUT2D eigenvalue weighted by atomic mass is 16.6. The molecule has 2 aromatic carbocycles. The zero-order valence-electron chi connectivity index (χ0n) is 15.5. The van der Waals surface area contributed by atoms with E-state index in [4.69, 9.17) is 4.74 Å². The van der Waals surface area contributed by atoms with Crippen molar-refractivity contribution in [3.63, 3.8) is 0 Å². The molecule has 0 fully saturated rings. The van der Waals surface area contributed by atoms with Gasteiger partial charge in [0.1, 0.15) is 12.3 Å². The first-order chi connectivity index (χ1) is 13.5. The minimum absolute atomic E-state index is 0.166. The van der Waals surface area contributed by atoms with Crippen molar-refractivity contribution in [1.82, 2.24) is 5.32 Å². The van der Waals surface area contributed by atoms with Crippen LogP contribution in [0.3, 0.4) is 0 Å². The predicted octanol–water partition coefficient (Wildman–Crippen LogP) is 2.63. The van der Waals surface area contributed by atoms with Gasteiger partial charge in [0.05, 0.1) is 10.6 Å². The fourth-order valence-electron chi connectivity index (χ4n) is 3.14. The van der Waals surface area contributed by atoms with Gasteiger partial charge in [-0.3, -0.25) is 24.6 Å². The van der Waals surface area contributed by atoms with E-state index in [0.29, 0.717) is 12.3 Å². The quantitative estimate of drug-likeness (QED) is 0.585. The molecular formula is C20H21N3O5. The number of carbonyl (C=O) groups excluding carboxylic acids is 2. The van der Waals surface area contributed by atoms with Crippen LogP contribution in [0.4, 0.5) is 11.4 Å². The van der Waals surface area contributed by atoms with Gasteiger partial charge in [-0.2, -0.15) is 0 Å². The molecule has 2 aromatic rings. The summed E-state index contributed by atoms with van der Waals surface area (Å²) in [6.45, 7) is 2.06. The lowest BCUT2D eigenvalue weighted by molar-refractivity contribution is -0.384. The van der Waals surface area contributed by atoms with Crippen LogP contribution < -0.4 is 15.0 Å². The van der Waals surface area contributed by atoms with E-state index >= 15 is 0 Å². The Labute approximate surface area is 162 Å². The van der Waals surface area contributed by atoms with Crippen LogP contribution in [0.1, 0.15) is 24.8 Å². The summed E-state index contributed by atoms with van der Waals surface area (Å²) in [6.07, 6.45) is 0.857. The molecule has 1 N–H and O–H groups in total. The monoisotopic (exact) mass is 383 g/mol. The molecule has 0 spiro atoms. The minimum Gasteiger partial charge on any atom is -0.482 e. The zero-order valence-corrected chi connectivity index (χ0v) is 15.5. The predicted molar refractivity (Wildman–Crippen MR) is 103 cm³/mol. The number of ether oxygens (including phenoxy) is 1. The molecule has 3 rings (SSSR count). The van der Waals surface area contributed by atoms with E-state index in [9.17, 15) is 19.7 Å². The standard InChI is InChI=1S/C20H21N3O5/c1-2-14(15-6-4-3-5-7-15)11-21-19(24)12-22-17-10-16(23(26)27)8-9-18(17)28-13-20(22)25/h3-10,14H,2,11-13H2,1H3,(H,21,24)/t14-/m0/s1. The zero-order chi connectivity index (χ0) is 20.1. The highest BCUT2D eigenvalue weighted by Gasteiger charge is 2.29. The van der Waals surface area contributed by atoms with E-state index in [1.54, 1.807) is 0 Å². The van der Waals surface area contributed by atoms with Gasteiger partial charge in [0, 0.05) is 24.6 Å². The first kappa shape index (κ1) is 19.3. The Morgan fingerprint density at radius 1 is 1.29 bits per heavy atom. The van der Waals surface area contributed by atoms with E-state index in [1.807, 2.05) is 37.3 Å². The van der Waals surface area contributed by atoms with Crippen LogP contribution in [-0.4, -0.2) is 36.4 Å². The smallest absolute Gasteiger partial charge is 0.271 e. The van der Waals surface area contributed by atoms with Gasteiger partial charge in [0.15, 0.2) is 6.61 Å². The molecule has 2 amide bonds. The number of non-ortho nitro benzene ring substituents is 1. The van der Waals surface area contributed by atoms with Gasteiger partial charge < -0.3 is 10.1 Å². The molecule has 8 nitrogen and oxygen atoms in total. The normalized spacial score (nSPS) is 14.0. The maximum absolute atomic E-state index is 12.5. The second-order valence-corrected chi connectivity index (χ2v) is 6.50. The number of hydrogen-bond donors (Lipinski definition) is 1. The number of nitrogens with zero attached hydrogens (tertiary/aromatic N) is 2. The van der Waals surface area contributed by atoms with Gasteiger partial charge in [-0.05, 0) is 18.1 Å². The van der Waals surface area contributed by atoms with E-state index in [-0.39, 0.29) is 36.4 Å². The fourth-order valence-corrected chi connectivity index (χ4v) is 3.14. The molecule has 1 heterocycles. The van der Waals surface area contributed by atoms with Crippen molar-refractivity contribution >= 4 is 23.2 Å². The molecule has 146 valence electrons. The van der Waals surface area contributed by atoms with Crippen molar-refractivity contribution in [3.05, 3.63) is 64.2 Å².